The fourth-order valence-electron chi connectivity index (χ4n) is 1.63. The first-order valence-corrected chi connectivity index (χ1v) is 6.22. The van der Waals surface area contributed by atoms with Crippen molar-refractivity contribution in [3.63, 3.8) is 0 Å². The van der Waals surface area contributed by atoms with Crippen LogP contribution in [-0.2, 0) is 16.0 Å². The van der Waals surface area contributed by atoms with Gasteiger partial charge in [-0.15, -0.1) is 0 Å². The van der Waals surface area contributed by atoms with E-state index in [1.165, 1.54) is 0 Å². The second kappa shape index (κ2) is 7.41. The molecule has 0 aliphatic carbocycles. The molecule has 0 aliphatic heterocycles. The van der Waals surface area contributed by atoms with Crippen LogP contribution in [0.3, 0.4) is 0 Å². The molecule has 5 nitrogen and oxygen atoms in total. The summed E-state index contributed by atoms with van der Waals surface area (Å²) in [5, 5.41) is 0. The van der Waals surface area contributed by atoms with E-state index in [0.717, 1.165) is 5.56 Å². The molecule has 0 unspecified atom stereocenters. The highest BCUT2D eigenvalue weighted by molar-refractivity contribution is 5.83. The summed E-state index contributed by atoms with van der Waals surface area (Å²) < 4.78 is 5.16. The number of rotatable bonds is 5. The number of benzene rings is 1. The molecule has 1 aromatic carbocycles. The third-order valence-corrected chi connectivity index (χ3v) is 2.48. The Morgan fingerprint density at radius 3 is 2.42 bits per heavy atom. The predicted molar refractivity (Wildman–Crippen MR) is 72.4 cm³/mol. The summed E-state index contributed by atoms with van der Waals surface area (Å²) in [6, 6.07) is 7.28. The summed E-state index contributed by atoms with van der Waals surface area (Å²) in [4.78, 5) is 23.1. The molecule has 0 radical (unpaired) electrons. The molecule has 0 heterocycles. The third kappa shape index (κ3) is 5.42. The van der Waals surface area contributed by atoms with Crippen LogP contribution in [0.4, 0.5) is 0 Å². The van der Waals surface area contributed by atoms with Crippen LogP contribution in [0.15, 0.2) is 24.3 Å². The van der Waals surface area contributed by atoms with Crippen molar-refractivity contribution >= 4 is 11.8 Å². The third-order valence-electron chi connectivity index (χ3n) is 2.48. The van der Waals surface area contributed by atoms with Gasteiger partial charge in [-0.2, -0.15) is 0 Å². The molecule has 0 atom stereocenters. The monoisotopic (exact) mass is 264 g/mol. The highest BCUT2D eigenvalue weighted by Gasteiger charge is 2.09. The Balaban J connectivity index is 2.45. The van der Waals surface area contributed by atoms with Crippen LogP contribution < -0.4 is 15.6 Å². The van der Waals surface area contributed by atoms with Crippen LogP contribution in [0.1, 0.15) is 25.8 Å². The van der Waals surface area contributed by atoms with Crippen LogP contribution in [0, 0.1) is 5.92 Å². The molecular formula is C14H20N2O3. The highest BCUT2D eigenvalue weighted by atomic mass is 16.5. The van der Waals surface area contributed by atoms with Crippen molar-refractivity contribution in [3.05, 3.63) is 29.8 Å². The van der Waals surface area contributed by atoms with E-state index in [4.69, 9.17) is 4.74 Å². The first kappa shape index (κ1) is 15.0. The summed E-state index contributed by atoms with van der Waals surface area (Å²) in [6.45, 7) is 3.88. The molecule has 0 aliphatic rings. The van der Waals surface area contributed by atoms with Gasteiger partial charge in [0.15, 0.2) is 0 Å². The van der Waals surface area contributed by atoms with Gasteiger partial charge in [-0.05, 0) is 12.0 Å². The fourth-order valence-corrected chi connectivity index (χ4v) is 1.63. The van der Waals surface area contributed by atoms with E-state index in [0.29, 0.717) is 12.2 Å². The summed E-state index contributed by atoms with van der Waals surface area (Å²) >= 11 is 0. The van der Waals surface area contributed by atoms with Gasteiger partial charge in [-0.25, -0.2) is 0 Å². The number of hydrogen-bond acceptors (Lipinski definition) is 3. The Morgan fingerprint density at radius 1 is 1.16 bits per heavy atom. The van der Waals surface area contributed by atoms with Gasteiger partial charge in [0.05, 0.1) is 13.5 Å². The van der Waals surface area contributed by atoms with Crippen molar-refractivity contribution in [2.75, 3.05) is 7.11 Å². The molecule has 104 valence electrons. The number of nitrogens with one attached hydrogen (secondary N) is 2. The minimum atomic E-state index is -0.276. The van der Waals surface area contributed by atoms with Crippen LogP contribution >= 0.6 is 0 Å². The maximum absolute atomic E-state index is 11.7. The average molecular weight is 264 g/mol. The lowest BCUT2D eigenvalue weighted by Gasteiger charge is -2.10. The zero-order valence-electron chi connectivity index (χ0n) is 11.5. The smallest absolute Gasteiger partial charge is 0.242 e. The van der Waals surface area contributed by atoms with Crippen LogP contribution in [0.25, 0.3) is 0 Å². The Bertz CT molecular complexity index is 444. The number of amides is 2. The minimum Gasteiger partial charge on any atom is -0.496 e. The van der Waals surface area contributed by atoms with Gasteiger partial charge in [-0.1, -0.05) is 32.0 Å². The number of carbonyl (C=O) groups excluding carboxylic acids is 2. The molecule has 2 N–H and O–H groups in total. The highest BCUT2D eigenvalue weighted by Crippen LogP contribution is 2.17. The second-order valence-electron chi connectivity index (χ2n) is 4.68. The lowest BCUT2D eigenvalue weighted by molar-refractivity contribution is -0.129. The van der Waals surface area contributed by atoms with Crippen molar-refractivity contribution in [2.45, 2.75) is 26.7 Å². The van der Waals surface area contributed by atoms with Crippen molar-refractivity contribution < 1.29 is 14.3 Å². The van der Waals surface area contributed by atoms with Gasteiger partial charge >= 0.3 is 0 Å². The number of ether oxygens (including phenoxy) is 1. The molecule has 0 saturated heterocycles. The molecule has 1 aromatic rings. The Hall–Kier alpha value is -2.04. The fraction of sp³-hybridized carbons (Fsp3) is 0.429. The van der Waals surface area contributed by atoms with Gasteiger partial charge in [0.1, 0.15) is 5.75 Å². The summed E-state index contributed by atoms with van der Waals surface area (Å²) in [7, 11) is 1.56. The second-order valence-corrected chi connectivity index (χ2v) is 4.68. The molecule has 2 amide bonds. The molecule has 0 saturated carbocycles. The van der Waals surface area contributed by atoms with Gasteiger partial charge in [0.2, 0.25) is 11.8 Å². The Morgan fingerprint density at radius 2 is 1.79 bits per heavy atom. The topological polar surface area (TPSA) is 67.4 Å². The molecule has 19 heavy (non-hydrogen) atoms. The number of methoxy groups -OCH3 is 1. The molecule has 0 aromatic heterocycles. The number of carbonyl (C=O) groups is 2. The summed E-state index contributed by atoms with van der Waals surface area (Å²) in [6.07, 6.45) is 0.543. The molecule has 1 rings (SSSR count). The quantitative estimate of drug-likeness (QED) is 0.791. The first-order chi connectivity index (χ1) is 9.02. The lowest BCUT2D eigenvalue weighted by atomic mass is 10.1. The van der Waals surface area contributed by atoms with Gasteiger partial charge < -0.3 is 4.74 Å². The van der Waals surface area contributed by atoms with Crippen LogP contribution in [0.5, 0.6) is 5.75 Å². The molecule has 0 fully saturated rings. The van der Waals surface area contributed by atoms with Gasteiger partial charge in [0, 0.05) is 12.0 Å². The van der Waals surface area contributed by atoms with E-state index in [1.807, 2.05) is 32.0 Å². The Kier molecular flexibility index (Phi) is 5.85. The largest absolute Gasteiger partial charge is 0.496 e. The molecule has 0 bridgehead atoms. The van der Waals surface area contributed by atoms with E-state index in [2.05, 4.69) is 10.9 Å². The van der Waals surface area contributed by atoms with E-state index in [9.17, 15) is 9.59 Å². The summed E-state index contributed by atoms with van der Waals surface area (Å²) in [5.74, 6) is 0.447. The zero-order valence-corrected chi connectivity index (χ0v) is 11.5. The van der Waals surface area contributed by atoms with Crippen molar-refractivity contribution in [3.8, 4) is 5.75 Å². The van der Waals surface area contributed by atoms with Gasteiger partial charge in [-0.3, -0.25) is 20.4 Å². The molecular weight excluding hydrogens is 244 g/mol. The molecule has 5 heteroatoms. The Labute approximate surface area is 113 Å². The standard InChI is InChI=1S/C14H20N2O3/c1-10(2)8-13(17)15-16-14(18)9-11-6-4-5-7-12(11)19-3/h4-7,10H,8-9H2,1-3H3,(H,15,17)(H,16,18). The number of hydrogen-bond donors (Lipinski definition) is 2. The normalized spacial score (nSPS) is 10.1. The van der Waals surface area contributed by atoms with E-state index < -0.39 is 0 Å². The minimum absolute atomic E-state index is 0.159. The van der Waals surface area contributed by atoms with Crippen LogP contribution in [-0.4, -0.2) is 18.9 Å². The van der Waals surface area contributed by atoms with E-state index >= 15 is 0 Å². The van der Waals surface area contributed by atoms with Crippen LogP contribution in [0.2, 0.25) is 0 Å². The van der Waals surface area contributed by atoms with E-state index in [-0.39, 0.29) is 24.2 Å². The first-order valence-electron chi connectivity index (χ1n) is 6.22. The molecule has 0 spiro atoms. The maximum Gasteiger partial charge on any atom is 0.242 e. The summed E-state index contributed by atoms with van der Waals surface area (Å²) in [5.41, 5.74) is 5.56. The van der Waals surface area contributed by atoms with Crippen molar-refractivity contribution in [1.29, 1.82) is 0 Å². The zero-order chi connectivity index (χ0) is 14.3. The van der Waals surface area contributed by atoms with E-state index in [1.54, 1.807) is 13.2 Å². The maximum atomic E-state index is 11.7. The van der Waals surface area contributed by atoms with Crippen molar-refractivity contribution in [2.24, 2.45) is 5.92 Å². The number of hydrazine groups is 1. The SMILES string of the molecule is COc1ccccc1CC(=O)NNC(=O)CC(C)C. The lowest BCUT2D eigenvalue weighted by Crippen LogP contribution is -2.42. The predicted octanol–water partition coefficient (Wildman–Crippen LogP) is 1.43. The number of para-hydroxylation sites is 1. The van der Waals surface area contributed by atoms with Crippen molar-refractivity contribution in [1.82, 2.24) is 10.9 Å². The van der Waals surface area contributed by atoms with Gasteiger partial charge in [0.25, 0.3) is 0 Å². The average Bonchev–Trinajstić information content (AvgIpc) is 2.36.